The third-order valence-electron chi connectivity index (χ3n) is 5.18. The molecule has 0 radical (unpaired) electrons. The summed E-state index contributed by atoms with van der Waals surface area (Å²) in [6.07, 6.45) is -0.0198. The molecule has 2 heterocycles. The molecule has 3 rings (SSSR count). The number of ether oxygens (including phenoxy) is 2. The van der Waals surface area contributed by atoms with Crippen molar-refractivity contribution in [3.05, 3.63) is 46.8 Å². The summed E-state index contributed by atoms with van der Waals surface area (Å²) in [4.78, 5) is 27.0. The van der Waals surface area contributed by atoms with E-state index in [4.69, 9.17) is 9.47 Å². The molecular weight excluding hydrogens is 370 g/mol. The van der Waals surface area contributed by atoms with E-state index >= 15 is 0 Å². The van der Waals surface area contributed by atoms with Crippen LogP contribution < -0.4 is 4.74 Å². The predicted octanol–water partition coefficient (Wildman–Crippen LogP) is 3.07. The van der Waals surface area contributed by atoms with Crippen molar-refractivity contribution in [1.82, 2.24) is 14.7 Å². The highest BCUT2D eigenvalue weighted by molar-refractivity contribution is 5.90. The molecule has 7 heteroatoms. The van der Waals surface area contributed by atoms with Crippen LogP contribution in [0.4, 0.5) is 0 Å². The smallest absolute Gasteiger partial charge is 0.356 e. The molecule has 0 fully saturated rings. The maximum absolute atomic E-state index is 13.0. The van der Waals surface area contributed by atoms with Crippen LogP contribution in [0, 0.1) is 0 Å². The number of carbonyl (C=O) groups excluding carboxylic acids is 2. The number of aromatic nitrogens is 2. The van der Waals surface area contributed by atoms with Gasteiger partial charge in [-0.3, -0.25) is 9.48 Å². The van der Waals surface area contributed by atoms with Crippen LogP contribution in [-0.2, 0) is 29.5 Å². The Morgan fingerprint density at radius 3 is 2.48 bits per heavy atom. The van der Waals surface area contributed by atoms with Crippen LogP contribution in [-0.4, -0.2) is 45.8 Å². The first kappa shape index (κ1) is 20.9. The Balaban J connectivity index is 1.70. The lowest BCUT2D eigenvalue weighted by Crippen LogP contribution is -2.43. The Labute approximate surface area is 171 Å². The highest BCUT2D eigenvalue weighted by Crippen LogP contribution is 2.24. The van der Waals surface area contributed by atoms with Crippen LogP contribution in [0.1, 0.15) is 60.9 Å². The van der Waals surface area contributed by atoms with E-state index in [1.165, 1.54) is 5.56 Å². The van der Waals surface area contributed by atoms with Gasteiger partial charge >= 0.3 is 5.97 Å². The minimum absolute atomic E-state index is 0.109. The fourth-order valence-electron chi connectivity index (χ4n) is 3.59. The second-order valence-electron chi connectivity index (χ2n) is 7.61. The molecule has 156 valence electrons. The van der Waals surface area contributed by atoms with Gasteiger partial charge < -0.3 is 14.4 Å². The fourth-order valence-corrected chi connectivity index (χ4v) is 3.59. The minimum Gasteiger partial charge on any atom is -0.481 e. The molecule has 29 heavy (non-hydrogen) atoms. The number of benzene rings is 1. The predicted molar refractivity (Wildman–Crippen MR) is 109 cm³/mol. The molecule has 1 aliphatic heterocycles. The number of hydrogen-bond acceptors (Lipinski definition) is 5. The zero-order chi connectivity index (χ0) is 21.1. The van der Waals surface area contributed by atoms with E-state index in [-0.39, 0.29) is 5.91 Å². The summed E-state index contributed by atoms with van der Waals surface area (Å²) in [6.45, 7) is 8.96. The van der Waals surface area contributed by atoms with Crippen molar-refractivity contribution in [3.63, 3.8) is 0 Å². The lowest BCUT2D eigenvalue weighted by atomic mass is 10.0. The van der Waals surface area contributed by atoms with Crippen LogP contribution in [0.2, 0.25) is 0 Å². The zero-order valence-electron chi connectivity index (χ0n) is 17.8. The molecule has 2 aromatic rings. The van der Waals surface area contributed by atoms with Crippen LogP contribution in [0.25, 0.3) is 0 Å². The lowest BCUT2D eigenvalue weighted by Gasteiger charge is -2.29. The average Bonchev–Trinajstić information content (AvgIpc) is 3.02. The van der Waals surface area contributed by atoms with Gasteiger partial charge in [-0.25, -0.2) is 4.79 Å². The summed E-state index contributed by atoms with van der Waals surface area (Å²) in [5, 5.41) is 4.43. The topological polar surface area (TPSA) is 73.7 Å². The number of nitrogens with zero attached hydrogens (tertiary/aromatic N) is 3. The van der Waals surface area contributed by atoms with Crippen molar-refractivity contribution >= 4 is 11.9 Å². The molecule has 0 N–H and O–H groups in total. The van der Waals surface area contributed by atoms with Crippen molar-refractivity contribution in [1.29, 1.82) is 0 Å². The fraction of sp³-hybridized carbons (Fsp3) is 0.500. The first-order valence-corrected chi connectivity index (χ1v) is 10.1. The second-order valence-corrected chi connectivity index (χ2v) is 7.61. The SMILES string of the molecule is CCOC(=O)c1c2c(nn1C)CCN(C(=O)C(C)Oc1ccc(C(C)C)cc1)C2. The number of fused-ring (bicyclic) bond motifs is 1. The Hall–Kier alpha value is -2.83. The van der Waals surface area contributed by atoms with Crippen LogP contribution in [0.15, 0.2) is 24.3 Å². The summed E-state index contributed by atoms with van der Waals surface area (Å²) < 4.78 is 12.6. The molecule has 1 aromatic carbocycles. The molecule has 7 nitrogen and oxygen atoms in total. The maximum Gasteiger partial charge on any atom is 0.356 e. The molecular formula is C22H29N3O4. The van der Waals surface area contributed by atoms with E-state index < -0.39 is 12.1 Å². The molecule has 0 spiro atoms. The number of esters is 1. The van der Waals surface area contributed by atoms with E-state index in [9.17, 15) is 9.59 Å². The average molecular weight is 399 g/mol. The number of aryl methyl sites for hydroxylation is 1. The molecule has 1 atom stereocenters. The third kappa shape index (κ3) is 4.44. The first-order chi connectivity index (χ1) is 13.8. The summed E-state index contributed by atoms with van der Waals surface area (Å²) in [5.74, 6) is 0.593. The summed E-state index contributed by atoms with van der Waals surface area (Å²) in [6, 6.07) is 7.83. The van der Waals surface area contributed by atoms with Gasteiger partial charge in [0.1, 0.15) is 5.75 Å². The third-order valence-corrected chi connectivity index (χ3v) is 5.18. The summed E-state index contributed by atoms with van der Waals surface area (Å²) in [5.41, 5.74) is 3.25. The molecule has 0 saturated heterocycles. The van der Waals surface area contributed by atoms with E-state index in [0.29, 0.717) is 43.5 Å². The zero-order valence-corrected chi connectivity index (χ0v) is 17.8. The van der Waals surface area contributed by atoms with Gasteiger partial charge in [-0.15, -0.1) is 0 Å². The summed E-state index contributed by atoms with van der Waals surface area (Å²) in [7, 11) is 1.73. The van der Waals surface area contributed by atoms with Crippen LogP contribution in [0.5, 0.6) is 5.75 Å². The van der Waals surface area contributed by atoms with E-state index in [1.807, 2.05) is 24.3 Å². The monoisotopic (exact) mass is 399 g/mol. The van der Waals surface area contributed by atoms with Crippen molar-refractivity contribution < 1.29 is 19.1 Å². The Kier molecular flexibility index (Phi) is 6.25. The van der Waals surface area contributed by atoms with Gasteiger partial charge in [0.15, 0.2) is 11.8 Å². The number of amides is 1. The molecule has 1 unspecified atom stereocenters. The number of rotatable bonds is 6. The van der Waals surface area contributed by atoms with E-state index in [1.54, 1.807) is 30.5 Å². The Morgan fingerprint density at radius 1 is 1.17 bits per heavy atom. The Morgan fingerprint density at radius 2 is 1.86 bits per heavy atom. The maximum atomic E-state index is 13.0. The minimum atomic E-state index is -0.621. The van der Waals surface area contributed by atoms with E-state index in [2.05, 4.69) is 18.9 Å². The van der Waals surface area contributed by atoms with Crippen molar-refractivity contribution in [3.8, 4) is 5.75 Å². The van der Waals surface area contributed by atoms with Gasteiger partial charge in [-0.2, -0.15) is 5.10 Å². The molecule has 0 aliphatic carbocycles. The van der Waals surface area contributed by atoms with Gasteiger partial charge in [-0.05, 0) is 37.5 Å². The number of hydrogen-bond donors (Lipinski definition) is 0. The molecule has 0 bridgehead atoms. The largest absolute Gasteiger partial charge is 0.481 e. The van der Waals surface area contributed by atoms with Gasteiger partial charge in [0.05, 0.1) is 18.8 Å². The van der Waals surface area contributed by atoms with Crippen LogP contribution >= 0.6 is 0 Å². The standard InChI is InChI=1S/C22H29N3O4/c1-6-28-22(27)20-18-13-25(12-11-19(18)23-24(20)5)21(26)15(4)29-17-9-7-16(8-10-17)14(2)3/h7-10,14-15H,6,11-13H2,1-5H3. The number of carbonyl (C=O) groups is 2. The highest BCUT2D eigenvalue weighted by atomic mass is 16.5. The van der Waals surface area contributed by atoms with Crippen molar-refractivity contribution in [2.24, 2.45) is 7.05 Å². The first-order valence-electron chi connectivity index (χ1n) is 10.1. The van der Waals surface area contributed by atoms with Crippen molar-refractivity contribution in [2.75, 3.05) is 13.2 Å². The quantitative estimate of drug-likeness (QED) is 0.698. The lowest BCUT2D eigenvalue weighted by molar-refractivity contribution is -0.138. The van der Waals surface area contributed by atoms with E-state index in [0.717, 1.165) is 11.3 Å². The van der Waals surface area contributed by atoms with Crippen molar-refractivity contribution in [2.45, 2.75) is 52.7 Å². The molecule has 1 aromatic heterocycles. The van der Waals surface area contributed by atoms with Gasteiger partial charge in [0, 0.05) is 25.6 Å². The second kappa shape index (κ2) is 8.68. The highest BCUT2D eigenvalue weighted by Gasteiger charge is 2.32. The summed E-state index contributed by atoms with van der Waals surface area (Å²) >= 11 is 0. The molecule has 1 aliphatic rings. The molecule has 1 amide bonds. The Bertz CT molecular complexity index is 886. The normalized spacial score (nSPS) is 14.5. The van der Waals surface area contributed by atoms with Gasteiger partial charge in [-0.1, -0.05) is 26.0 Å². The van der Waals surface area contributed by atoms with Gasteiger partial charge in [0.2, 0.25) is 0 Å². The molecule has 0 saturated carbocycles. The van der Waals surface area contributed by atoms with Gasteiger partial charge in [0.25, 0.3) is 5.91 Å². The van der Waals surface area contributed by atoms with Crippen LogP contribution in [0.3, 0.4) is 0 Å².